The third-order valence-corrected chi connectivity index (χ3v) is 5.22. The Labute approximate surface area is 162 Å². The summed E-state index contributed by atoms with van der Waals surface area (Å²) in [7, 11) is 3.42. The predicted octanol–water partition coefficient (Wildman–Crippen LogP) is 2.75. The molecule has 0 radical (unpaired) electrons. The third kappa shape index (κ3) is 6.31. The van der Waals surface area contributed by atoms with E-state index in [1.165, 1.54) is 17.0 Å². The second-order valence-corrected chi connectivity index (χ2v) is 7.89. The fourth-order valence-corrected chi connectivity index (χ4v) is 3.54. The maximum atomic E-state index is 13.2. The molecule has 2 rings (SSSR count). The number of benzene rings is 1. The molecule has 0 saturated carbocycles. The number of hydrogen-bond donors (Lipinski definition) is 0. The van der Waals surface area contributed by atoms with Gasteiger partial charge in [-0.05, 0) is 30.0 Å². The number of amides is 2. The molecule has 1 aromatic rings. The Hall–Kier alpha value is -1.95. The van der Waals surface area contributed by atoms with Crippen molar-refractivity contribution in [3.05, 3.63) is 35.6 Å². The van der Waals surface area contributed by atoms with Crippen LogP contribution in [0.1, 0.15) is 38.7 Å². The van der Waals surface area contributed by atoms with E-state index in [0.29, 0.717) is 12.5 Å². The molecule has 1 atom stereocenters. The summed E-state index contributed by atoms with van der Waals surface area (Å²) in [5, 5.41) is 0. The van der Waals surface area contributed by atoms with Gasteiger partial charge in [-0.1, -0.05) is 26.0 Å². The van der Waals surface area contributed by atoms with E-state index in [2.05, 4.69) is 18.7 Å². The molecule has 0 bridgehead atoms. The quantitative estimate of drug-likeness (QED) is 0.766. The van der Waals surface area contributed by atoms with Crippen LogP contribution in [0, 0.1) is 11.7 Å². The van der Waals surface area contributed by atoms with Gasteiger partial charge in [0, 0.05) is 59.2 Å². The monoisotopic (exact) mass is 377 g/mol. The minimum Gasteiger partial charge on any atom is -0.349 e. The first-order valence-corrected chi connectivity index (χ1v) is 9.74. The van der Waals surface area contributed by atoms with Crippen LogP contribution >= 0.6 is 0 Å². The number of carbonyl (C=O) groups is 2. The average molecular weight is 378 g/mol. The van der Waals surface area contributed by atoms with Crippen molar-refractivity contribution in [3.8, 4) is 0 Å². The Morgan fingerprint density at radius 3 is 2.41 bits per heavy atom. The van der Waals surface area contributed by atoms with Crippen LogP contribution in [-0.2, 0) is 16.1 Å². The molecule has 1 saturated heterocycles. The Balaban J connectivity index is 2.01. The molecule has 0 spiro atoms. The van der Waals surface area contributed by atoms with E-state index < -0.39 is 0 Å². The van der Waals surface area contributed by atoms with Gasteiger partial charge in [-0.15, -0.1) is 0 Å². The first-order chi connectivity index (χ1) is 12.8. The van der Waals surface area contributed by atoms with Crippen LogP contribution in [0.4, 0.5) is 4.39 Å². The zero-order chi connectivity index (χ0) is 20.0. The minimum absolute atomic E-state index is 0.0171. The van der Waals surface area contributed by atoms with Gasteiger partial charge in [-0.3, -0.25) is 14.5 Å². The van der Waals surface area contributed by atoms with Crippen LogP contribution < -0.4 is 0 Å². The molecule has 1 aliphatic heterocycles. The van der Waals surface area contributed by atoms with Gasteiger partial charge >= 0.3 is 0 Å². The van der Waals surface area contributed by atoms with Crippen LogP contribution in [0.25, 0.3) is 0 Å². The molecule has 0 N–H and O–H groups in total. The minimum atomic E-state index is -0.223. The highest BCUT2D eigenvalue weighted by molar-refractivity contribution is 5.83. The highest BCUT2D eigenvalue weighted by Gasteiger charge is 2.29. The van der Waals surface area contributed by atoms with Crippen molar-refractivity contribution in [2.24, 2.45) is 5.92 Å². The van der Waals surface area contributed by atoms with Gasteiger partial charge in [0.25, 0.3) is 0 Å². The molecule has 0 aromatic heterocycles. The standard InChI is InChI=1S/C21H32FN3O2/c1-16(2)19-15-25(21(27)11-10-20(26)23(3)4)13-5-12-24(19)14-17-6-8-18(22)9-7-17/h6-9,16,19H,5,10-15H2,1-4H3. The molecule has 6 heteroatoms. The molecular weight excluding hydrogens is 345 g/mol. The molecule has 1 unspecified atom stereocenters. The second kappa shape index (κ2) is 9.83. The molecule has 1 aliphatic rings. The van der Waals surface area contributed by atoms with Gasteiger partial charge in [0.1, 0.15) is 5.82 Å². The van der Waals surface area contributed by atoms with E-state index in [-0.39, 0.29) is 36.5 Å². The molecule has 5 nitrogen and oxygen atoms in total. The summed E-state index contributed by atoms with van der Waals surface area (Å²) in [6.45, 7) is 7.40. The molecule has 27 heavy (non-hydrogen) atoms. The van der Waals surface area contributed by atoms with Gasteiger partial charge in [0.15, 0.2) is 0 Å². The Morgan fingerprint density at radius 2 is 1.81 bits per heavy atom. The van der Waals surface area contributed by atoms with E-state index in [1.807, 2.05) is 17.0 Å². The average Bonchev–Trinajstić information content (AvgIpc) is 2.84. The lowest BCUT2D eigenvalue weighted by Gasteiger charge is -2.34. The molecule has 0 aliphatic carbocycles. The molecule has 1 aromatic carbocycles. The number of hydrogen-bond acceptors (Lipinski definition) is 3. The smallest absolute Gasteiger partial charge is 0.223 e. The van der Waals surface area contributed by atoms with E-state index in [0.717, 1.165) is 31.6 Å². The van der Waals surface area contributed by atoms with Crippen molar-refractivity contribution in [3.63, 3.8) is 0 Å². The van der Waals surface area contributed by atoms with Gasteiger partial charge in [0.05, 0.1) is 0 Å². The van der Waals surface area contributed by atoms with Gasteiger partial charge in [0.2, 0.25) is 11.8 Å². The van der Waals surface area contributed by atoms with Crippen molar-refractivity contribution in [1.29, 1.82) is 0 Å². The van der Waals surface area contributed by atoms with Crippen molar-refractivity contribution >= 4 is 11.8 Å². The lowest BCUT2D eigenvalue weighted by atomic mass is 10.0. The molecule has 1 heterocycles. The molecular formula is C21H32FN3O2. The molecule has 2 amide bonds. The SMILES string of the molecule is CC(C)C1CN(C(=O)CCC(=O)N(C)C)CCCN1Cc1ccc(F)cc1. The normalized spacial score (nSPS) is 18.4. The zero-order valence-electron chi connectivity index (χ0n) is 16.9. The largest absolute Gasteiger partial charge is 0.349 e. The van der Waals surface area contributed by atoms with Crippen LogP contribution in [0.5, 0.6) is 0 Å². The second-order valence-electron chi connectivity index (χ2n) is 7.89. The highest BCUT2D eigenvalue weighted by atomic mass is 19.1. The van der Waals surface area contributed by atoms with Crippen LogP contribution in [0.3, 0.4) is 0 Å². The lowest BCUT2D eigenvalue weighted by Crippen LogP contribution is -2.45. The Morgan fingerprint density at radius 1 is 1.15 bits per heavy atom. The van der Waals surface area contributed by atoms with E-state index in [1.54, 1.807) is 14.1 Å². The summed E-state index contributed by atoms with van der Waals surface area (Å²) in [6, 6.07) is 6.89. The van der Waals surface area contributed by atoms with E-state index >= 15 is 0 Å². The summed E-state index contributed by atoms with van der Waals surface area (Å²) in [5.41, 5.74) is 1.08. The van der Waals surface area contributed by atoms with Crippen LogP contribution in [0.2, 0.25) is 0 Å². The van der Waals surface area contributed by atoms with E-state index in [4.69, 9.17) is 0 Å². The Kier molecular flexibility index (Phi) is 7.78. The van der Waals surface area contributed by atoms with Crippen LogP contribution in [-0.4, -0.2) is 66.3 Å². The summed E-state index contributed by atoms with van der Waals surface area (Å²) < 4.78 is 13.2. The zero-order valence-corrected chi connectivity index (χ0v) is 16.9. The number of carbonyl (C=O) groups excluding carboxylic acids is 2. The van der Waals surface area contributed by atoms with Crippen LogP contribution in [0.15, 0.2) is 24.3 Å². The van der Waals surface area contributed by atoms with Gasteiger partial charge in [-0.25, -0.2) is 4.39 Å². The molecule has 1 fully saturated rings. The number of rotatable bonds is 6. The number of halogens is 1. The van der Waals surface area contributed by atoms with Crippen molar-refractivity contribution in [2.45, 2.75) is 45.7 Å². The van der Waals surface area contributed by atoms with Crippen molar-refractivity contribution in [1.82, 2.24) is 14.7 Å². The van der Waals surface area contributed by atoms with E-state index in [9.17, 15) is 14.0 Å². The topological polar surface area (TPSA) is 43.9 Å². The maximum absolute atomic E-state index is 13.2. The first-order valence-electron chi connectivity index (χ1n) is 9.74. The third-order valence-electron chi connectivity index (χ3n) is 5.22. The summed E-state index contributed by atoms with van der Waals surface area (Å²) in [4.78, 5) is 30.3. The van der Waals surface area contributed by atoms with Gasteiger partial charge in [-0.2, -0.15) is 0 Å². The Bertz CT molecular complexity index is 631. The number of nitrogens with zero attached hydrogens (tertiary/aromatic N) is 3. The van der Waals surface area contributed by atoms with Crippen molar-refractivity contribution < 1.29 is 14.0 Å². The summed E-state index contributed by atoms with van der Waals surface area (Å²) in [6.07, 6.45) is 1.42. The summed E-state index contributed by atoms with van der Waals surface area (Å²) in [5.74, 6) is 0.206. The summed E-state index contributed by atoms with van der Waals surface area (Å²) >= 11 is 0. The molecule has 150 valence electrons. The highest BCUT2D eigenvalue weighted by Crippen LogP contribution is 2.21. The lowest BCUT2D eigenvalue weighted by molar-refractivity contribution is -0.136. The fraction of sp³-hybridized carbons (Fsp3) is 0.619. The first kappa shape index (κ1) is 21.4. The predicted molar refractivity (Wildman–Crippen MR) is 105 cm³/mol. The fourth-order valence-electron chi connectivity index (χ4n) is 3.54. The van der Waals surface area contributed by atoms with Crippen molar-refractivity contribution in [2.75, 3.05) is 33.7 Å². The van der Waals surface area contributed by atoms with Gasteiger partial charge < -0.3 is 9.80 Å². The maximum Gasteiger partial charge on any atom is 0.223 e.